The highest BCUT2D eigenvalue weighted by atomic mass is 32.2. The van der Waals surface area contributed by atoms with Crippen molar-refractivity contribution in [3.8, 4) is 11.5 Å². The van der Waals surface area contributed by atoms with Gasteiger partial charge in [-0.15, -0.1) is 34.4 Å². The van der Waals surface area contributed by atoms with Crippen LogP contribution in [0.1, 0.15) is 4.88 Å². The Hall–Kier alpha value is -2.23. The van der Waals surface area contributed by atoms with Gasteiger partial charge in [0.2, 0.25) is 0 Å². The van der Waals surface area contributed by atoms with Crippen molar-refractivity contribution in [2.75, 3.05) is 25.8 Å². The van der Waals surface area contributed by atoms with Crippen LogP contribution in [-0.2, 0) is 0 Å². The molecule has 0 saturated heterocycles. The number of ether oxygens (including phenoxy) is 2. The van der Waals surface area contributed by atoms with E-state index in [1.54, 1.807) is 37.3 Å². The maximum absolute atomic E-state index is 6.10. The SMILES string of the molecule is COc1ccc(OC)c(Nc2nc(N=C(N)c3ccc(SC)s3)cs2)c1. The van der Waals surface area contributed by atoms with Crippen molar-refractivity contribution >= 4 is 56.9 Å². The first-order chi connectivity index (χ1) is 12.6. The molecule has 2 aromatic heterocycles. The van der Waals surface area contributed by atoms with Crippen molar-refractivity contribution in [3.63, 3.8) is 0 Å². The largest absolute Gasteiger partial charge is 0.497 e. The summed E-state index contributed by atoms with van der Waals surface area (Å²) < 4.78 is 11.8. The molecule has 0 saturated carbocycles. The number of aliphatic imine (C=N–C) groups is 1. The first-order valence-corrected chi connectivity index (χ1v) is 10.5. The lowest BCUT2D eigenvalue weighted by molar-refractivity contribution is 0.405. The summed E-state index contributed by atoms with van der Waals surface area (Å²) in [7, 11) is 3.24. The second kappa shape index (κ2) is 8.43. The summed E-state index contributed by atoms with van der Waals surface area (Å²) in [5.74, 6) is 2.46. The third-order valence-corrected chi connectivity index (χ3v) is 6.35. The number of amidine groups is 1. The number of hydrogen-bond acceptors (Lipinski definition) is 8. The minimum atomic E-state index is 0.464. The van der Waals surface area contributed by atoms with Gasteiger partial charge in [0.25, 0.3) is 0 Å². The number of aromatic nitrogens is 1. The van der Waals surface area contributed by atoms with Gasteiger partial charge in [-0.1, -0.05) is 0 Å². The van der Waals surface area contributed by atoms with E-state index in [4.69, 9.17) is 15.2 Å². The minimum absolute atomic E-state index is 0.464. The molecule has 136 valence electrons. The highest BCUT2D eigenvalue weighted by molar-refractivity contribution is 8.00. The lowest BCUT2D eigenvalue weighted by atomic mass is 10.2. The standard InChI is InChI=1S/C17H18N4O2S3/c1-22-10-4-5-12(23-2)11(8-10)19-17-21-14(9-25-17)20-16(18)13-6-7-15(24-3)26-13/h4-9H,1-3H3,(H2,18,20)(H,19,21). The monoisotopic (exact) mass is 406 g/mol. The van der Waals surface area contributed by atoms with Crippen molar-refractivity contribution in [1.82, 2.24) is 4.98 Å². The molecular weight excluding hydrogens is 388 g/mol. The zero-order valence-electron chi connectivity index (χ0n) is 14.5. The smallest absolute Gasteiger partial charge is 0.189 e. The molecule has 0 amide bonds. The number of benzene rings is 1. The van der Waals surface area contributed by atoms with Crippen molar-refractivity contribution in [2.24, 2.45) is 10.7 Å². The fraction of sp³-hybridized carbons (Fsp3) is 0.176. The van der Waals surface area contributed by atoms with Gasteiger partial charge in [0, 0.05) is 11.4 Å². The van der Waals surface area contributed by atoms with Crippen LogP contribution in [-0.4, -0.2) is 31.3 Å². The molecule has 0 aliphatic heterocycles. The van der Waals surface area contributed by atoms with Crippen molar-refractivity contribution < 1.29 is 9.47 Å². The van der Waals surface area contributed by atoms with Crippen LogP contribution in [0.4, 0.5) is 16.6 Å². The number of thiophene rings is 1. The number of rotatable bonds is 7. The van der Waals surface area contributed by atoms with E-state index in [1.807, 2.05) is 42.0 Å². The quantitative estimate of drug-likeness (QED) is 0.335. The van der Waals surface area contributed by atoms with Crippen LogP contribution in [0.3, 0.4) is 0 Å². The summed E-state index contributed by atoms with van der Waals surface area (Å²) in [5, 5.41) is 5.78. The Labute approximate surface area is 164 Å². The highest BCUT2D eigenvalue weighted by Crippen LogP contribution is 2.33. The summed E-state index contributed by atoms with van der Waals surface area (Å²) in [6, 6.07) is 9.54. The van der Waals surface area contributed by atoms with Crippen LogP contribution < -0.4 is 20.5 Å². The van der Waals surface area contributed by atoms with E-state index >= 15 is 0 Å². The average molecular weight is 407 g/mol. The topological polar surface area (TPSA) is 81.8 Å². The molecule has 0 atom stereocenters. The number of nitrogens with one attached hydrogen (secondary N) is 1. The maximum Gasteiger partial charge on any atom is 0.189 e. The highest BCUT2D eigenvalue weighted by Gasteiger charge is 2.09. The van der Waals surface area contributed by atoms with Gasteiger partial charge in [-0.2, -0.15) is 0 Å². The van der Waals surface area contributed by atoms with E-state index < -0.39 is 0 Å². The van der Waals surface area contributed by atoms with Crippen LogP contribution in [0.2, 0.25) is 0 Å². The van der Waals surface area contributed by atoms with Gasteiger partial charge < -0.3 is 20.5 Å². The van der Waals surface area contributed by atoms with E-state index in [0.717, 1.165) is 16.3 Å². The minimum Gasteiger partial charge on any atom is -0.497 e. The Morgan fingerprint density at radius 2 is 2.08 bits per heavy atom. The van der Waals surface area contributed by atoms with E-state index in [9.17, 15) is 0 Å². The first-order valence-electron chi connectivity index (χ1n) is 7.56. The Balaban J connectivity index is 1.79. The van der Waals surface area contributed by atoms with Gasteiger partial charge in [0.05, 0.1) is 29.0 Å². The number of nitrogens with two attached hydrogens (primary N) is 1. The van der Waals surface area contributed by atoms with Gasteiger partial charge in [-0.05, 0) is 30.5 Å². The molecule has 0 radical (unpaired) electrons. The molecule has 0 unspecified atom stereocenters. The van der Waals surface area contributed by atoms with Crippen LogP contribution in [0.25, 0.3) is 0 Å². The Morgan fingerprint density at radius 1 is 1.23 bits per heavy atom. The van der Waals surface area contributed by atoms with Crippen molar-refractivity contribution in [3.05, 3.63) is 40.6 Å². The average Bonchev–Trinajstić information content (AvgIpc) is 3.31. The third-order valence-electron chi connectivity index (χ3n) is 3.41. The molecule has 6 nitrogen and oxygen atoms in total. The predicted octanol–water partition coefficient (Wildman–Crippen LogP) is 4.72. The van der Waals surface area contributed by atoms with Crippen LogP contribution in [0.5, 0.6) is 11.5 Å². The lowest BCUT2D eigenvalue weighted by Crippen LogP contribution is -2.10. The summed E-state index contributed by atoms with van der Waals surface area (Å²) >= 11 is 4.74. The number of thiazole rings is 1. The van der Waals surface area contributed by atoms with Gasteiger partial charge >= 0.3 is 0 Å². The fourth-order valence-corrected chi connectivity index (χ4v) is 4.23. The molecule has 3 N–H and O–H groups in total. The first kappa shape index (κ1) is 18.6. The van der Waals surface area contributed by atoms with Crippen LogP contribution in [0.15, 0.2) is 44.9 Å². The second-order valence-corrected chi connectivity index (χ2v) is 8.07. The molecule has 3 aromatic rings. The molecule has 0 spiro atoms. The summed E-state index contributed by atoms with van der Waals surface area (Å²) in [5.41, 5.74) is 6.87. The maximum atomic E-state index is 6.10. The predicted molar refractivity (Wildman–Crippen MR) is 111 cm³/mol. The molecule has 26 heavy (non-hydrogen) atoms. The fourth-order valence-electron chi connectivity index (χ4n) is 2.15. The number of nitrogens with zero attached hydrogens (tertiary/aromatic N) is 2. The molecule has 0 aliphatic carbocycles. The van der Waals surface area contributed by atoms with E-state index in [2.05, 4.69) is 15.3 Å². The van der Waals surface area contributed by atoms with E-state index in [-0.39, 0.29) is 0 Å². The van der Waals surface area contributed by atoms with Gasteiger partial charge in [0.15, 0.2) is 10.9 Å². The molecule has 3 rings (SSSR count). The summed E-state index contributed by atoms with van der Waals surface area (Å²) in [6.07, 6.45) is 2.04. The Morgan fingerprint density at radius 3 is 2.77 bits per heavy atom. The zero-order chi connectivity index (χ0) is 18.5. The molecule has 9 heteroatoms. The Kier molecular flexibility index (Phi) is 6.02. The molecule has 0 fully saturated rings. The van der Waals surface area contributed by atoms with Crippen LogP contribution >= 0.6 is 34.4 Å². The third kappa shape index (κ3) is 4.29. The molecular formula is C17H18N4O2S3. The molecule has 0 bridgehead atoms. The van der Waals surface area contributed by atoms with E-state index in [1.165, 1.54) is 15.5 Å². The van der Waals surface area contributed by atoms with Crippen molar-refractivity contribution in [2.45, 2.75) is 4.21 Å². The lowest BCUT2D eigenvalue weighted by Gasteiger charge is -2.10. The summed E-state index contributed by atoms with van der Waals surface area (Å²) in [4.78, 5) is 9.82. The zero-order valence-corrected chi connectivity index (χ0v) is 16.9. The van der Waals surface area contributed by atoms with E-state index in [0.29, 0.717) is 22.5 Å². The number of methoxy groups -OCH3 is 2. The van der Waals surface area contributed by atoms with Crippen molar-refractivity contribution in [1.29, 1.82) is 0 Å². The summed E-state index contributed by atoms with van der Waals surface area (Å²) in [6.45, 7) is 0. The second-order valence-electron chi connectivity index (χ2n) is 5.02. The van der Waals surface area contributed by atoms with Gasteiger partial charge in [-0.3, -0.25) is 0 Å². The van der Waals surface area contributed by atoms with Gasteiger partial charge in [0.1, 0.15) is 17.3 Å². The normalized spacial score (nSPS) is 11.4. The molecule has 0 aliphatic rings. The Bertz CT molecular complexity index is 920. The number of thioether (sulfide) groups is 1. The molecule has 1 aromatic carbocycles. The number of anilines is 2. The van der Waals surface area contributed by atoms with Crippen LogP contribution in [0, 0.1) is 0 Å². The molecule has 2 heterocycles. The van der Waals surface area contributed by atoms with Gasteiger partial charge in [-0.25, -0.2) is 9.98 Å². The number of hydrogen-bond donors (Lipinski definition) is 2.